The molecule has 9 nitrogen and oxygen atoms in total. The number of amides is 2. The van der Waals surface area contributed by atoms with Gasteiger partial charge in [-0.05, 0) is 31.7 Å². The topological polar surface area (TPSA) is 116 Å². The van der Waals surface area contributed by atoms with Crippen molar-refractivity contribution in [1.29, 1.82) is 0 Å². The number of ketones is 1. The number of hydroxylamine groups is 2. The van der Waals surface area contributed by atoms with E-state index in [0.29, 0.717) is 48.3 Å². The number of hydrogen-bond donors (Lipinski definition) is 2. The average molecular weight is 403 g/mol. The molecule has 1 aromatic heterocycles. The summed E-state index contributed by atoms with van der Waals surface area (Å²) in [6, 6.07) is 1.13. The van der Waals surface area contributed by atoms with Gasteiger partial charge in [0.05, 0.1) is 24.6 Å². The summed E-state index contributed by atoms with van der Waals surface area (Å²) in [5.74, 6) is 0.131. The first kappa shape index (κ1) is 21.3. The quantitative estimate of drug-likeness (QED) is 0.360. The molecule has 2 atom stereocenters. The molecule has 2 N–H and O–H groups in total. The number of carbonyl (C=O) groups is 3. The lowest BCUT2D eigenvalue weighted by molar-refractivity contribution is -0.159. The Hall–Kier alpha value is -2.39. The Labute approximate surface area is 170 Å². The summed E-state index contributed by atoms with van der Waals surface area (Å²) in [6.45, 7) is 2.23. The van der Waals surface area contributed by atoms with Crippen LogP contribution in [0.15, 0.2) is 12.3 Å². The summed E-state index contributed by atoms with van der Waals surface area (Å²) in [5.41, 5.74) is 3.65. The zero-order valence-electron chi connectivity index (χ0n) is 16.8. The van der Waals surface area contributed by atoms with Crippen molar-refractivity contribution in [2.24, 2.45) is 11.8 Å². The third kappa shape index (κ3) is 5.57. The van der Waals surface area contributed by atoms with Crippen molar-refractivity contribution < 1.29 is 19.6 Å². The molecule has 29 heavy (non-hydrogen) atoms. The van der Waals surface area contributed by atoms with Crippen LogP contribution in [-0.2, 0) is 20.8 Å². The number of nitrogens with zero attached hydrogens (tertiary/aromatic N) is 4. The fourth-order valence-corrected chi connectivity index (χ4v) is 4.36. The third-order valence-corrected chi connectivity index (χ3v) is 5.78. The van der Waals surface area contributed by atoms with Crippen LogP contribution in [0, 0.1) is 18.8 Å². The molecule has 2 fully saturated rings. The maximum atomic E-state index is 13.2. The number of hydrazine groups is 1. The molecule has 2 heterocycles. The van der Waals surface area contributed by atoms with Gasteiger partial charge in [0.2, 0.25) is 12.3 Å². The molecular formula is C20H29N5O4. The molecule has 9 heteroatoms. The second-order valence-electron chi connectivity index (χ2n) is 7.97. The second-order valence-corrected chi connectivity index (χ2v) is 7.97. The van der Waals surface area contributed by atoms with Crippen LogP contribution in [0.4, 0.5) is 0 Å². The number of aryl methyl sites for hydroxylation is 1. The molecule has 2 amide bonds. The molecule has 158 valence electrons. The minimum atomic E-state index is -0.577. The summed E-state index contributed by atoms with van der Waals surface area (Å²) in [7, 11) is 0. The van der Waals surface area contributed by atoms with Crippen molar-refractivity contribution in [2.45, 2.75) is 57.9 Å². The smallest absolute Gasteiger partial charge is 0.242 e. The van der Waals surface area contributed by atoms with Crippen LogP contribution in [0.5, 0.6) is 0 Å². The Kier molecular flexibility index (Phi) is 7.27. The Bertz CT molecular complexity index is 737. The van der Waals surface area contributed by atoms with Crippen LogP contribution in [0.1, 0.15) is 50.0 Å². The van der Waals surface area contributed by atoms with Gasteiger partial charge < -0.3 is 0 Å². The van der Waals surface area contributed by atoms with Crippen molar-refractivity contribution >= 4 is 18.1 Å². The molecule has 3 rings (SSSR count). The average Bonchev–Trinajstić information content (AvgIpc) is 3.38. The largest absolute Gasteiger partial charge is 0.297 e. The van der Waals surface area contributed by atoms with Crippen LogP contribution in [-0.4, -0.2) is 62.5 Å². The highest BCUT2D eigenvalue weighted by Gasteiger charge is 2.38. The normalized spacial score (nSPS) is 20.6. The first-order valence-electron chi connectivity index (χ1n) is 10.3. The van der Waals surface area contributed by atoms with Crippen molar-refractivity contribution in [3.63, 3.8) is 0 Å². The summed E-state index contributed by atoms with van der Waals surface area (Å²) in [6.07, 6.45) is 7.59. The fraction of sp³-hybridized carbons (Fsp3) is 0.650. The first-order valence-corrected chi connectivity index (χ1v) is 10.3. The van der Waals surface area contributed by atoms with E-state index >= 15 is 0 Å². The monoisotopic (exact) mass is 403 g/mol. The Balaban J connectivity index is 1.69. The molecule has 1 aromatic rings. The highest BCUT2D eigenvalue weighted by atomic mass is 16.5. The van der Waals surface area contributed by atoms with Crippen LogP contribution in [0.2, 0.25) is 0 Å². The fourth-order valence-electron chi connectivity index (χ4n) is 4.36. The van der Waals surface area contributed by atoms with E-state index in [1.807, 2.05) is 0 Å². The second kappa shape index (κ2) is 9.89. The molecule has 0 radical (unpaired) electrons. The van der Waals surface area contributed by atoms with E-state index in [4.69, 9.17) is 0 Å². The number of Topliss-reactive ketones (excluding diaryl/α,β-unsaturated/α-hetero) is 1. The number of rotatable bonds is 9. The number of nitrogens with one attached hydrogen (secondary N) is 1. The molecular weight excluding hydrogens is 374 g/mol. The standard InChI is InChI=1S/C20H29N5O4/c1-14-21-8-6-17(23-14)11-19(27)18-7-9-22-25(18)20(28)16(12-24(29)13-26)10-15-4-2-3-5-15/h6,8,13,15-16,18,22,29H,2-5,7,9-12H2,1H3/t16-,18+/m1/s1. The van der Waals surface area contributed by atoms with Gasteiger partial charge in [0.15, 0.2) is 5.78 Å². The molecule has 2 aliphatic rings. The van der Waals surface area contributed by atoms with Crippen molar-refractivity contribution in [2.75, 3.05) is 13.1 Å². The zero-order chi connectivity index (χ0) is 20.8. The van der Waals surface area contributed by atoms with Gasteiger partial charge in [-0.2, -0.15) is 0 Å². The molecule has 1 aliphatic heterocycles. The van der Waals surface area contributed by atoms with Crippen molar-refractivity contribution in [1.82, 2.24) is 25.5 Å². The highest BCUT2D eigenvalue weighted by Crippen LogP contribution is 2.31. The molecule has 0 aromatic carbocycles. The van der Waals surface area contributed by atoms with Crippen LogP contribution in [0.3, 0.4) is 0 Å². The van der Waals surface area contributed by atoms with Gasteiger partial charge in [0.25, 0.3) is 0 Å². The maximum absolute atomic E-state index is 13.2. The SMILES string of the molecule is Cc1nccc(CC(=O)[C@@H]2CCNN2C(=O)[C@H](CC2CCCC2)CN(O)C=O)n1. The van der Waals surface area contributed by atoms with Gasteiger partial charge in [-0.15, -0.1) is 0 Å². The molecule has 0 unspecified atom stereocenters. The Morgan fingerprint density at radius 1 is 1.38 bits per heavy atom. The van der Waals surface area contributed by atoms with Crippen LogP contribution in [0.25, 0.3) is 0 Å². The van der Waals surface area contributed by atoms with Gasteiger partial charge >= 0.3 is 0 Å². The van der Waals surface area contributed by atoms with E-state index in [-0.39, 0.29) is 24.7 Å². The molecule has 1 aliphatic carbocycles. The highest BCUT2D eigenvalue weighted by molar-refractivity contribution is 5.91. The number of hydrogen-bond acceptors (Lipinski definition) is 7. The lowest BCUT2D eigenvalue weighted by atomic mass is 9.91. The maximum Gasteiger partial charge on any atom is 0.242 e. The Morgan fingerprint density at radius 3 is 2.83 bits per heavy atom. The van der Waals surface area contributed by atoms with E-state index in [1.165, 1.54) is 5.01 Å². The molecule has 0 spiro atoms. The molecule has 0 bridgehead atoms. The van der Waals surface area contributed by atoms with E-state index in [0.717, 1.165) is 25.7 Å². The third-order valence-electron chi connectivity index (χ3n) is 5.78. The van der Waals surface area contributed by atoms with Crippen molar-refractivity contribution in [3.8, 4) is 0 Å². The van der Waals surface area contributed by atoms with Gasteiger partial charge in [0, 0.05) is 12.7 Å². The minimum absolute atomic E-state index is 0.0664. The Morgan fingerprint density at radius 2 is 2.14 bits per heavy atom. The van der Waals surface area contributed by atoms with Crippen LogP contribution < -0.4 is 5.43 Å². The lowest BCUT2D eigenvalue weighted by Crippen LogP contribution is -2.51. The summed E-state index contributed by atoms with van der Waals surface area (Å²) >= 11 is 0. The van der Waals surface area contributed by atoms with E-state index in [2.05, 4.69) is 15.4 Å². The summed E-state index contributed by atoms with van der Waals surface area (Å²) < 4.78 is 0. The summed E-state index contributed by atoms with van der Waals surface area (Å²) in [5, 5.41) is 11.6. The van der Waals surface area contributed by atoms with E-state index in [1.54, 1.807) is 19.2 Å². The van der Waals surface area contributed by atoms with Crippen molar-refractivity contribution in [3.05, 3.63) is 23.8 Å². The first-order chi connectivity index (χ1) is 14.0. The predicted octanol–water partition coefficient (Wildman–Crippen LogP) is 1.05. The zero-order valence-corrected chi connectivity index (χ0v) is 16.8. The molecule has 1 saturated carbocycles. The molecule has 1 saturated heterocycles. The van der Waals surface area contributed by atoms with Gasteiger partial charge in [-0.1, -0.05) is 25.7 Å². The number of aromatic nitrogens is 2. The van der Waals surface area contributed by atoms with Gasteiger partial charge in [-0.25, -0.2) is 20.5 Å². The lowest BCUT2D eigenvalue weighted by Gasteiger charge is -2.29. The minimum Gasteiger partial charge on any atom is -0.297 e. The van der Waals surface area contributed by atoms with Crippen LogP contribution >= 0.6 is 0 Å². The predicted molar refractivity (Wildman–Crippen MR) is 103 cm³/mol. The summed E-state index contributed by atoms with van der Waals surface area (Å²) in [4.78, 5) is 45.3. The van der Waals surface area contributed by atoms with E-state index < -0.39 is 12.0 Å². The van der Waals surface area contributed by atoms with Gasteiger partial charge in [0.1, 0.15) is 11.9 Å². The number of carbonyl (C=O) groups excluding carboxylic acids is 3. The van der Waals surface area contributed by atoms with E-state index in [9.17, 15) is 19.6 Å². The van der Waals surface area contributed by atoms with Gasteiger partial charge in [-0.3, -0.25) is 24.6 Å².